The smallest absolute Gasteiger partial charge is 0.220 e. The quantitative estimate of drug-likeness (QED) is 0.871. The Bertz CT molecular complexity index is 417. The van der Waals surface area contributed by atoms with Crippen molar-refractivity contribution >= 4 is 11.7 Å². The van der Waals surface area contributed by atoms with Gasteiger partial charge < -0.3 is 15.0 Å². The van der Waals surface area contributed by atoms with E-state index in [1.807, 2.05) is 19.1 Å². The van der Waals surface area contributed by atoms with Crippen molar-refractivity contribution in [3.63, 3.8) is 0 Å². The maximum Gasteiger partial charge on any atom is 0.220 e. The Morgan fingerprint density at radius 1 is 1.47 bits per heavy atom. The fourth-order valence-electron chi connectivity index (χ4n) is 2.05. The van der Waals surface area contributed by atoms with E-state index in [1.54, 1.807) is 6.20 Å². The van der Waals surface area contributed by atoms with Crippen LogP contribution in [0, 0.1) is 0 Å². The molecule has 0 atom stereocenters. The van der Waals surface area contributed by atoms with E-state index in [4.69, 9.17) is 4.74 Å². The number of ether oxygens (including phenoxy) is 1. The van der Waals surface area contributed by atoms with Gasteiger partial charge in [0.2, 0.25) is 5.91 Å². The van der Waals surface area contributed by atoms with Crippen molar-refractivity contribution in [2.45, 2.75) is 26.3 Å². The highest BCUT2D eigenvalue weighted by Gasteiger charge is 2.12. The molecular formula is C14H21N3O2. The molecule has 1 aliphatic rings. The second-order valence-electron chi connectivity index (χ2n) is 4.65. The topological polar surface area (TPSA) is 54.5 Å². The van der Waals surface area contributed by atoms with Gasteiger partial charge in [-0.25, -0.2) is 4.98 Å². The van der Waals surface area contributed by atoms with Gasteiger partial charge in [0.25, 0.3) is 0 Å². The molecule has 1 fully saturated rings. The fourth-order valence-corrected chi connectivity index (χ4v) is 2.05. The molecule has 1 N–H and O–H groups in total. The van der Waals surface area contributed by atoms with Crippen molar-refractivity contribution in [1.82, 2.24) is 10.3 Å². The third-order valence-corrected chi connectivity index (χ3v) is 3.11. The number of hydrogen-bond donors (Lipinski definition) is 1. The molecule has 104 valence electrons. The SMILES string of the molecule is CCCC(=O)NCc1ccnc(N2CCOCC2)c1. The number of carbonyl (C=O) groups is 1. The van der Waals surface area contributed by atoms with E-state index in [2.05, 4.69) is 15.2 Å². The molecule has 0 bridgehead atoms. The molecule has 0 unspecified atom stereocenters. The molecule has 1 aliphatic heterocycles. The van der Waals surface area contributed by atoms with Crippen LogP contribution in [0.15, 0.2) is 18.3 Å². The summed E-state index contributed by atoms with van der Waals surface area (Å²) >= 11 is 0. The standard InChI is InChI=1S/C14H21N3O2/c1-2-3-14(18)16-11-12-4-5-15-13(10-12)17-6-8-19-9-7-17/h4-5,10H,2-3,6-9,11H2,1H3,(H,16,18). The van der Waals surface area contributed by atoms with Gasteiger partial charge in [-0.05, 0) is 24.1 Å². The van der Waals surface area contributed by atoms with Crippen LogP contribution < -0.4 is 10.2 Å². The molecule has 19 heavy (non-hydrogen) atoms. The number of anilines is 1. The van der Waals surface area contributed by atoms with Crippen LogP contribution in [-0.2, 0) is 16.1 Å². The Kier molecular flexibility index (Phi) is 5.15. The maximum atomic E-state index is 11.4. The van der Waals surface area contributed by atoms with Gasteiger partial charge in [0.15, 0.2) is 0 Å². The first-order valence-electron chi connectivity index (χ1n) is 6.84. The average molecular weight is 263 g/mol. The van der Waals surface area contributed by atoms with Crippen LogP contribution in [-0.4, -0.2) is 37.2 Å². The molecule has 0 aromatic carbocycles. The number of hydrogen-bond acceptors (Lipinski definition) is 4. The van der Waals surface area contributed by atoms with Crippen LogP contribution in [0.3, 0.4) is 0 Å². The van der Waals surface area contributed by atoms with E-state index in [1.165, 1.54) is 0 Å². The normalized spacial score (nSPS) is 15.3. The molecule has 2 rings (SSSR count). The lowest BCUT2D eigenvalue weighted by atomic mass is 10.2. The van der Waals surface area contributed by atoms with Gasteiger partial charge in [-0.1, -0.05) is 6.92 Å². The monoisotopic (exact) mass is 263 g/mol. The van der Waals surface area contributed by atoms with Crippen molar-refractivity contribution in [2.75, 3.05) is 31.2 Å². The molecule has 1 saturated heterocycles. The van der Waals surface area contributed by atoms with Crippen LogP contribution >= 0.6 is 0 Å². The van der Waals surface area contributed by atoms with E-state index in [9.17, 15) is 4.79 Å². The van der Waals surface area contributed by atoms with Crippen molar-refractivity contribution in [2.24, 2.45) is 0 Å². The van der Waals surface area contributed by atoms with Gasteiger partial charge >= 0.3 is 0 Å². The minimum absolute atomic E-state index is 0.104. The highest BCUT2D eigenvalue weighted by Crippen LogP contribution is 2.14. The fraction of sp³-hybridized carbons (Fsp3) is 0.571. The number of amides is 1. The van der Waals surface area contributed by atoms with Gasteiger partial charge in [0.1, 0.15) is 5.82 Å². The molecule has 0 spiro atoms. The van der Waals surface area contributed by atoms with Crippen molar-refractivity contribution < 1.29 is 9.53 Å². The Morgan fingerprint density at radius 3 is 3.00 bits per heavy atom. The van der Waals surface area contributed by atoms with E-state index >= 15 is 0 Å². The minimum atomic E-state index is 0.104. The first-order valence-corrected chi connectivity index (χ1v) is 6.84. The largest absolute Gasteiger partial charge is 0.378 e. The molecule has 5 heteroatoms. The zero-order chi connectivity index (χ0) is 13.5. The predicted octanol–water partition coefficient (Wildman–Crippen LogP) is 1.33. The molecule has 0 radical (unpaired) electrons. The number of aromatic nitrogens is 1. The number of rotatable bonds is 5. The maximum absolute atomic E-state index is 11.4. The Labute approximate surface area is 114 Å². The molecule has 1 aromatic rings. The highest BCUT2D eigenvalue weighted by atomic mass is 16.5. The summed E-state index contributed by atoms with van der Waals surface area (Å²) in [5, 5.41) is 2.92. The molecule has 2 heterocycles. The summed E-state index contributed by atoms with van der Waals surface area (Å²) in [5.74, 6) is 1.07. The van der Waals surface area contributed by atoms with E-state index in [0.717, 1.165) is 44.1 Å². The van der Waals surface area contributed by atoms with Crippen LogP contribution in [0.4, 0.5) is 5.82 Å². The van der Waals surface area contributed by atoms with Crippen LogP contribution in [0.1, 0.15) is 25.3 Å². The zero-order valence-electron chi connectivity index (χ0n) is 11.4. The van der Waals surface area contributed by atoms with Gasteiger partial charge in [-0.3, -0.25) is 4.79 Å². The summed E-state index contributed by atoms with van der Waals surface area (Å²) in [6, 6.07) is 3.98. The highest BCUT2D eigenvalue weighted by molar-refractivity contribution is 5.75. The summed E-state index contributed by atoms with van der Waals surface area (Å²) in [6.45, 7) is 5.82. The Morgan fingerprint density at radius 2 is 2.26 bits per heavy atom. The van der Waals surface area contributed by atoms with Crippen LogP contribution in [0.2, 0.25) is 0 Å². The van der Waals surface area contributed by atoms with Gasteiger partial charge in [0, 0.05) is 32.3 Å². The summed E-state index contributed by atoms with van der Waals surface area (Å²) in [6.07, 6.45) is 3.26. The summed E-state index contributed by atoms with van der Waals surface area (Å²) in [5.41, 5.74) is 1.08. The minimum Gasteiger partial charge on any atom is -0.378 e. The average Bonchev–Trinajstić information content (AvgIpc) is 2.47. The lowest BCUT2D eigenvalue weighted by Crippen LogP contribution is -2.36. The number of nitrogens with zero attached hydrogens (tertiary/aromatic N) is 2. The summed E-state index contributed by atoms with van der Waals surface area (Å²) in [4.78, 5) is 18.0. The van der Waals surface area contributed by atoms with E-state index in [0.29, 0.717) is 13.0 Å². The van der Waals surface area contributed by atoms with Gasteiger partial charge in [-0.2, -0.15) is 0 Å². The third kappa shape index (κ3) is 4.21. The predicted molar refractivity (Wildman–Crippen MR) is 74.0 cm³/mol. The zero-order valence-corrected chi connectivity index (χ0v) is 11.4. The number of carbonyl (C=O) groups excluding carboxylic acids is 1. The van der Waals surface area contributed by atoms with E-state index < -0.39 is 0 Å². The Balaban J connectivity index is 1.92. The van der Waals surface area contributed by atoms with Gasteiger partial charge in [0.05, 0.1) is 13.2 Å². The number of nitrogens with one attached hydrogen (secondary N) is 1. The lowest BCUT2D eigenvalue weighted by molar-refractivity contribution is -0.121. The first-order chi connectivity index (χ1) is 9.29. The van der Waals surface area contributed by atoms with E-state index in [-0.39, 0.29) is 5.91 Å². The first kappa shape index (κ1) is 13.8. The van der Waals surface area contributed by atoms with Crippen molar-refractivity contribution in [1.29, 1.82) is 0 Å². The summed E-state index contributed by atoms with van der Waals surface area (Å²) < 4.78 is 5.33. The van der Waals surface area contributed by atoms with Crippen molar-refractivity contribution in [3.8, 4) is 0 Å². The second kappa shape index (κ2) is 7.09. The Hall–Kier alpha value is -1.62. The van der Waals surface area contributed by atoms with Gasteiger partial charge in [-0.15, -0.1) is 0 Å². The summed E-state index contributed by atoms with van der Waals surface area (Å²) in [7, 11) is 0. The number of pyridine rings is 1. The molecule has 0 aliphatic carbocycles. The third-order valence-electron chi connectivity index (χ3n) is 3.11. The molecule has 5 nitrogen and oxygen atoms in total. The van der Waals surface area contributed by atoms with Crippen LogP contribution in [0.25, 0.3) is 0 Å². The van der Waals surface area contributed by atoms with Crippen LogP contribution in [0.5, 0.6) is 0 Å². The molecule has 1 amide bonds. The second-order valence-corrected chi connectivity index (χ2v) is 4.65. The van der Waals surface area contributed by atoms with Crippen molar-refractivity contribution in [3.05, 3.63) is 23.9 Å². The molecule has 1 aromatic heterocycles. The lowest BCUT2D eigenvalue weighted by Gasteiger charge is -2.28. The number of morpholine rings is 1. The molecular weight excluding hydrogens is 242 g/mol. The molecule has 0 saturated carbocycles.